The Kier molecular flexibility index (Phi) is 7.29. The quantitative estimate of drug-likeness (QED) is 0.559. The average molecular weight is 208 g/mol. The fourth-order valence-electron chi connectivity index (χ4n) is 1.60. The largest absolute Gasteiger partial charge is 0.328 e. The van der Waals surface area contributed by atoms with Crippen LogP contribution in [0.25, 0.3) is 0 Å². The van der Waals surface area contributed by atoms with Crippen LogP contribution in [0.4, 0.5) is 4.39 Å². The molecule has 1 fully saturated rings. The van der Waals surface area contributed by atoms with Crippen molar-refractivity contribution in [3.63, 3.8) is 0 Å². The highest BCUT2D eigenvalue weighted by molar-refractivity contribution is 5.85. The summed E-state index contributed by atoms with van der Waals surface area (Å²) in [6.45, 7) is -0.191. The number of allylic oxidation sites excluding steroid dienone is 2. The number of halogens is 2. The van der Waals surface area contributed by atoms with Crippen LogP contribution in [-0.4, -0.2) is 12.7 Å². The van der Waals surface area contributed by atoms with E-state index in [1.165, 1.54) is 5.57 Å². The molecule has 0 aromatic heterocycles. The number of hydrogen-bond donors (Lipinski definition) is 1. The molecule has 0 saturated heterocycles. The first-order valence-electron chi connectivity index (χ1n) is 4.82. The highest BCUT2D eigenvalue weighted by atomic mass is 35.5. The second kappa shape index (κ2) is 7.34. The SMILES string of the molecule is Cl.NC1CCC(=CCCCF)CC1. The van der Waals surface area contributed by atoms with Gasteiger partial charge < -0.3 is 5.73 Å². The molecular formula is C10H19ClFN. The molecule has 1 aliphatic rings. The molecule has 0 aliphatic heterocycles. The Morgan fingerprint density at radius 3 is 2.54 bits per heavy atom. The Morgan fingerprint density at radius 2 is 2.00 bits per heavy atom. The van der Waals surface area contributed by atoms with Crippen molar-refractivity contribution in [2.24, 2.45) is 5.73 Å². The van der Waals surface area contributed by atoms with Crippen molar-refractivity contribution in [1.29, 1.82) is 0 Å². The van der Waals surface area contributed by atoms with Crippen LogP contribution >= 0.6 is 12.4 Å². The molecule has 1 rings (SSSR count). The first-order chi connectivity index (χ1) is 5.83. The Balaban J connectivity index is 0.00000144. The lowest BCUT2D eigenvalue weighted by Crippen LogP contribution is -2.23. The van der Waals surface area contributed by atoms with Crippen LogP contribution in [0.5, 0.6) is 0 Å². The molecule has 0 spiro atoms. The van der Waals surface area contributed by atoms with Gasteiger partial charge in [0.2, 0.25) is 0 Å². The number of nitrogens with two attached hydrogens (primary N) is 1. The molecule has 0 aromatic rings. The summed E-state index contributed by atoms with van der Waals surface area (Å²) >= 11 is 0. The minimum absolute atomic E-state index is 0. The summed E-state index contributed by atoms with van der Waals surface area (Å²) < 4.78 is 11.8. The van der Waals surface area contributed by atoms with Crippen molar-refractivity contribution in [1.82, 2.24) is 0 Å². The molecule has 3 heteroatoms. The molecule has 0 radical (unpaired) electrons. The zero-order valence-electron chi connectivity index (χ0n) is 7.97. The predicted molar refractivity (Wildman–Crippen MR) is 57.0 cm³/mol. The molecule has 0 atom stereocenters. The summed E-state index contributed by atoms with van der Waals surface area (Å²) in [5.74, 6) is 0. The fourth-order valence-corrected chi connectivity index (χ4v) is 1.60. The molecule has 1 aliphatic carbocycles. The van der Waals surface area contributed by atoms with Gasteiger partial charge in [0.15, 0.2) is 0 Å². The summed E-state index contributed by atoms with van der Waals surface area (Å²) in [5, 5.41) is 0. The molecule has 0 unspecified atom stereocenters. The van der Waals surface area contributed by atoms with Gasteiger partial charge in [0.25, 0.3) is 0 Å². The van der Waals surface area contributed by atoms with Gasteiger partial charge in [-0.2, -0.15) is 0 Å². The van der Waals surface area contributed by atoms with Crippen LogP contribution in [0.1, 0.15) is 38.5 Å². The van der Waals surface area contributed by atoms with Crippen molar-refractivity contribution in [2.75, 3.05) is 6.67 Å². The van der Waals surface area contributed by atoms with E-state index in [0.717, 1.165) is 32.1 Å². The van der Waals surface area contributed by atoms with Crippen LogP contribution < -0.4 is 5.73 Å². The van der Waals surface area contributed by atoms with Gasteiger partial charge in [-0.05, 0) is 38.5 Å². The number of hydrogen-bond acceptors (Lipinski definition) is 1. The first kappa shape index (κ1) is 12.9. The van der Waals surface area contributed by atoms with E-state index in [1.807, 2.05) is 0 Å². The molecule has 13 heavy (non-hydrogen) atoms. The van der Waals surface area contributed by atoms with Crippen LogP contribution in [0.3, 0.4) is 0 Å². The molecule has 1 nitrogen and oxygen atoms in total. The lowest BCUT2D eigenvalue weighted by atomic mass is 9.91. The van der Waals surface area contributed by atoms with E-state index in [9.17, 15) is 4.39 Å². The van der Waals surface area contributed by atoms with Gasteiger partial charge in [0, 0.05) is 6.04 Å². The molecule has 0 heterocycles. The minimum atomic E-state index is -0.191. The van der Waals surface area contributed by atoms with Gasteiger partial charge in [-0.25, -0.2) is 0 Å². The van der Waals surface area contributed by atoms with Crippen molar-refractivity contribution in [3.05, 3.63) is 11.6 Å². The number of alkyl halides is 1. The van der Waals surface area contributed by atoms with E-state index in [2.05, 4.69) is 6.08 Å². The highest BCUT2D eigenvalue weighted by Crippen LogP contribution is 2.22. The lowest BCUT2D eigenvalue weighted by Gasteiger charge is -2.19. The summed E-state index contributed by atoms with van der Waals surface area (Å²) in [7, 11) is 0. The Labute approximate surface area is 86.0 Å². The van der Waals surface area contributed by atoms with Crippen LogP contribution in [0.2, 0.25) is 0 Å². The minimum Gasteiger partial charge on any atom is -0.328 e. The molecule has 0 amide bonds. The third kappa shape index (κ3) is 5.27. The van der Waals surface area contributed by atoms with E-state index in [0.29, 0.717) is 12.5 Å². The van der Waals surface area contributed by atoms with Crippen molar-refractivity contribution >= 4 is 12.4 Å². The van der Waals surface area contributed by atoms with Crippen LogP contribution in [-0.2, 0) is 0 Å². The second-order valence-electron chi connectivity index (χ2n) is 3.53. The summed E-state index contributed by atoms with van der Waals surface area (Å²) in [5.41, 5.74) is 7.26. The van der Waals surface area contributed by atoms with E-state index in [1.54, 1.807) is 0 Å². The predicted octanol–water partition coefficient (Wildman–Crippen LogP) is 2.99. The van der Waals surface area contributed by atoms with Gasteiger partial charge >= 0.3 is 0 Å². The molecule has 2 N–H and O–H groups in total. The normalized spacial score (nSPS) is 22.3. The van der Waals surface area contributed by atoms with Gasteiger partial charge in [-0.1, -0.05) is 11.6 Å². The fraction of sp³-hybridized carbons (Fsp3) is 0.800. The highest BCUT2D eigenvalue weighted by Gasteiger charge is 2.11. The summed E-state index contributed by atoms with van der Waals surface area (Å²) in [6, 6.07) is 0.406. The lowest BCUT2D eigenvalue weighted by molar-refractivity contribution is 0.472. The average Bonchev–Trinajstić information content (AvgIpc) is 2.09. The van der Waals surface area contributed by atoms with Gasteiger partial charge in [0.1, 0.15) is 0 Å². The summed E-state index contributed by atoms with van der Waals surface area (Å²) in [4.78, 5) is 0. The van der Waals surface area contributed by atoms with Crippen LogP contribution in [0, 0.1) is 0 Å². The third-order valence-electron chi connectivity index (χ3n) is 2.44. The van der Waals surface area contributed by atoms with E-state index >= 15 is 0 Å². The standard InChI is InChI=1S/C10H18FN.ClH/c11-8-2-1-3-9-4-6-10(12)7-5-9;/h3,10H,1-2,4-8,12H2;1H. The number of rotatable bonds is 3. The summed E-state index contributed by atoms with van der Waals surface area (Å²) in [6.07, 6.45) is 8.27. The van der Waals surface area contributed by atoms with Crippen molar-refractivity contribution < 1.29 is 4.39 Å². The number of unbranched alkanes of at least 4 members (excludes halogenated alkanes) is 1. The Bertz CT molecular complexity index is 149. The van der Waals surface area contributed by atoms with Gasteiger partial charge in [-0.15, -0.1) is 12.4 Å². The molecular weight excluding hydrogens is 189 g/mol. The smallest absolute Gasteiger partial charge is 0.0897 e. The molecule has 1 saturated carbocycles. The van der Waals surface area contributed by atoms with Crippen molar-refractivity contribution in [2.45, 2.75) is 44.6 Å². The maximum atomic E-state index is 11.8. The maximum absolute atomic E-state index is 11.8. The van der Waals surface area contributed by atoms with Gasteiger partial charge in [0.05, 0.1) is 6.67 Å². The topological polar surface area (TPSA) is 26.0 Å². The Hall–Kier alpha value is -0.0800. The zero-order valence-corrected chi connectivity index (χ0v) is 8.78. The van der Waals surface area contributed by atoms with Crippen LogP contribution in [0.15, 0.2) is 11.6 Å². The monoisotopic (exact) mass is 207 g/mol. The molecule has 78 valence electrons. The molecule has 0 bridgehead atoms. The Morgan fingerprint density at radius 1 is 1.38 bits per heavy atom. The first-order valence-corrected chi connectivity index (χ1v) is 4.82. The zero-order chi connectivity index (χ0) is 8.81. The van der Waals surface area contributed by atoms with E-state index < -0.39 is 0 Å². The van der Waals surface area contributed by atoms with E-state index in [-0.39, 0.29) is 19.1 Å². The second-order valence-corrected chi connectivity index (χ2v) is 3.53. The maximum Gasteiger partial charge on any atom is 0.0897 e. The molecule has 0 aromatic carbocycles. The van der Waals surface area contributed by atoms with E-state index in [4.69, 9.17) is 5.73 Å². The van der Waals surface area contributed by atoms with Crippen molar-refractivity contribution in [3.8, 4) is 0 Å². The third-order valence-corrected chi connectivity index (χ3v) is 2.44. The van der Waals surface area contributed by atoms with Gasteiger partial charge in [-0.3, -0.25) is 4.39 Å².